The van der Waals surface area contributed by atoms with Gasteiger partial charge in [-0.05, 0) is 25.3 Å². The van der Waals surface area contributed by atoms with Gasteiger partial charge in [0.25, 0.3) is 5.91 Å². The summed E-state index contributed by atoms with van der Waals surface area (Å²) >= 11 is 7.33. The topological polar surface area (TPSA) is 20.3 Å². The smallest absolute Gasteiger partial charge is 0.254 e. The van der Waals surface area contributed by atoms with Crippen LogP contribution in [0.3, 0.4) is 0 Å². The van der Waals surface area contributed by atoms with Crippen LogP contribution < -0.4 is 0 Å². The van der Waals surface area contributed by atoms with E-state index in [2.05, 4.69) is 0 Å². The molecule has 0 spiro atoms. The number of alkyl halides is 1. The predicted octanol–water partition coefficient (Wildman–Crippen LogP) is 2.84. The summed E-state index contributed by atoms with van der Waals surface area (Å²) in [6.07, 6.45) is 0. The maximum absolute atomic E-state index is 11.9. The molecular weight excluding hydrogens is 218 g/mol. The maximum atomic E-state index is 11.9. The predicted molar refractivity (Wildman–Crippen MR) is 61.2 cm³/mol. The van der Waals surface area contributed by atoms with Crippen molar-refractivity contribution in [2.24, 2.45) is 0 Å². The van der Waals surface area contributed by atoms with E-state index in [1.54, 1.807) is 11.9 Å². The molecule has 0 saturated heterocycles. The van der Waals surface area contributed by atoms with E-state index >= 15 is 0 Å². The van der Waals surface area contributed by atoms with Crippen LogP contribution >= 0.6 is 22.9 Å². The van der Waals surface area contributed by atoms with Crippen molar-refractivity contribution in [2.75, 3.05) is 12.9 Å². The first kappa shape index (κ1) is 11.5. The number of rotatable bonds is 3. The minimum Gasteiger partial charge on any atom is -0.335 e. The number of thiophene rings is 1. The van der Waals surface area contributed by atoms with E-state index in [0.717, 1.165) is 5.56 Å². The molecule has 1 amide bonds. The largest absolute Gasteiger partial charge is 0.335 e. The number of nitrogens with zero attached hydrogens (tertiary/aromatic N) is 1. The zero-order valence-corrected chi connectivity index (χ0v) is 10.2. The average Bonchev–Trinajstić information content (AvgIpc) is 2.68. The summed E-state index contributed by atoms with van der Waals surface area (Å²) < 4.78 is 0. The van der Waals surface area contributed by atoms with Crippen LogP contribution in [0.1, 0.15) is 24.2 Å². The van der Waals surface area contributed by atoms with E-state index in [9.17, 15) is 4.79 Å². The Bertz CT molecular complexity index is 308. The van der Waals surface area contributed by atoms with Gasteiger partial charge in [0.05, 0.1) is 11.1 Å². The summed E-state index contributed by atoms with van der Waals surface area (Å²) in [6.45, 7) is 3.90. The fourth-order valence-corrected chi connectivity index (χ4v) is 1.75. The summed E-state index contributed by atoms with van der Waals surface area (Å²) in [5.41, 5.74) is 0.427. The summed E-state index contributed by atoms with van der Waals surface area (Å²) in [5.74, 6) is 0.455. The Hall–Kier alpha value is -0.540. The van der Waals surface area contributed by atoms with Gasteiger partial charge in [-0.3, -0.25) is 4.79 Å². The normalized spacial score (nSPS) is 11.4. The molecule has 0 fully saturated rings. The molecule has 0 aliphatic carbocycles. The standard InChI is InChI=1S/C10H14ClNOS/c1-10(2,7-11)12(3)9(13)8-4-5-14-6-8/h4-6H,7H2,1-3H3. The monoisotopic (exact) mass is 231 g/mol. The van der Waals surface area contributed by atoms with Crippen LogP contribution in [0.2, 0.25) is 0 Å². The number of hydrogen-bond donors (Lipinski definition) is 0. The number of carbonyl (C=O) groups is 1. The highest BCUT2D eigenvalue weighted by molar-refractivity contribution is 7.08. The lowest BCUT2D eigenvalue weighted by Gasteiger charge is -2.33. The SMILES string of the molecule is CN(C(=O)c1ccsc1)C(C)(C)CCl. The molecule has 0 atom stereocenters. The number of hydrogen-bond acceptors (Lipinski definition) is 2. The minimum absolute atomic E-state index is 0.0249. The lowest BCUT2D eigenvalue weighted by molar-refractivity contribution is 0.0661. The minimum atomic E-state index is -0.305. The lowest BCUT2D eigenvalue weighted by atomic mass is 10.1. The van der Waals surface area contributed by atoms with Crippen molar-refractivity contribution < 1.29 is 4.79 Å². The second-order valence-electron chi connectivity index (χ2n) is 3.82. The van der Waals surface area contributed by atoms with Crippen molar-refractivity contribution in [3.05, 3.63) is 22.4 Å². The Morgan fingerprint density at radius 3 is 2.71 bits per heavy atom. The Kier molecular flexibility index (Phi) is 3.56. The molecule has 0 bridgehead atoms. The third-order valence-corrected chi connectivity index (χ3v) is 3.65. The molecule has 0 radical (unpaired) electrons. The maximum Gasteiger partial charge on any atom is 0.254 e. The van der Waals surface area contributed by atoms with E-state index in [1.807, 2.05) is 30.7 Å². The highest BCUT2D eigenvalue weighted by atomic mass is 35.5. The molecule has 1 aromatic heterocycles. The van der Waals surface area contributed by atoms with Crippen LogP contribution in [0.15, 0.2) is 16.8 Å². The van der Waals surface area contributed by atoms with E-state index in [4.69, 9.17) is 11.6 Å². The van der Waals surface area contributed by atoms with Gasteiger partial charge in [0.1, 0.15) is 0 Å². The second-order valence-corrected chi connectivity index (χ2v) is 4.87. The van der Waals surface area contributed by atoms with Gasteiger partial charge < -0.3 is 4.90 Å². The molecule has 78 valence electrons. The summed E-state index contributed by atoms with van der Waals surface area (Å²) in [6, 6.07) is 1.83. The number of carbonyl (C=O) groups excluding carboxylic acids is 1. The van der Waals surface area contributed by atoms with E-state index in [-0.39, 0.29) is 11.4 Å². The van der Waals surface area contributed by atoms with Crippen molar-refractivity contribution in [1.82, 2.24) is 4.90 Å². The Labute approximate surface area is 93.5 Å². The third-order valence-electron chi connectivity index (χ3n) is 2.31. The Morgan fingerprint density at radius 2 is 2.29 bits per heavy atom. The number of amides is 1. The van der Waals surface area contributed by atoms with Crippen molar-refractivity contribution in [2.45, 2.75) is 19.4 Å². The molecule has 1 heterocycles. The van der Waals surface area contributed by atoms with Crippen LogP contribution in [-0.4, -0.2) is 29.3 Å². The van der Waals surface area contributed by atoms with Gasteiger partial charge in [0.2, 0.25) is 0 Å². The van der Waals surface area contributed by atoms with Crippen molar-refractivity contribution >= 4 is 28.8 Å². The third kappa shape index (κ3) is 2.28. The van der Waals surface area contributed by atoms with Crippen LogP contribution in [0.25, 0.3) is 0 Å². The van der Waals surface area contributed by atoms with Crippen LogP contribution in [0.5, 0.6) is 0 Å². The quantitative estimate of drug-likeness (QED) is 0.733. The molecular formula is C10H14ClNOS. The van der Waals surface area contributed by atoms with Gasteiger partial charge >= 0.3 is 0 Å². The first-order valence-corrected chi connectivity index (χ1v) is 5.83. The van der Waals surface area contributed by atoms with Crippen molar-refractivity contribution in [3.8, 4) is 0 Å². The van der Waals surface area contributed by atoms with Crippen molar-refractivity contribution in [1.29, 1.82) is 0 Å². The van der Waals surface area contributed by atoms with Gasteiger partial charge in [-0.1, -0.05) is 0 Å². The number of halogens is 1. The zero-order valence-electron chi connectivity index (χ0n) is 8.58. The van der Waals surface area contributed by atoms with Gasteiger partial charge in [0, 0.05) is 18.3 Å². The molecule has 1 aromatic rings. The fraction of sp³-hybridized carbons (Fsp3) is 0.500. The fourth-order valence-electron chi connectivity index (χ4n) is 0.944. The van der Waals surface area contributed by atoms with Crippen molar-refractivity contribution in [3.63, 3.8) is 0 Å². The molecule has 0 aliphatic rings. The van der Waals surface area contributed by atoms with Gasteiger partial charge in [-0.15, -0.1) is 11.6 Å². The second kappa shape index (κ2) is 4.32. The lowest BCUT2D eigenvalue weighted by Crippen LogP contribution is -2.46. The first-order valence-electron chi connectivity index (χ1n) is 4.35. The highest BCUT2D eigenvalue weighted by Gasteiger charge is 2.27. The molecule has 0 aromatic carbocycles. The summed E-state index contributed by atoms with van der Waals surface area (Å²) in [4.78, 5) is 13.6. The molecule has 0 saturated carbocycles. The van der Waals surface area contributed by atoms with E-state index < -0.39 is 0 Å². The molecule has 0 aliphatic heterocycles. The van der Waals surface area contributed by atoms with Gasteiger partial charge in [-0.25, -0.2) is 0 Å². The molecule has 2 nitrogen and oxygen atoms in total. The van der Waals surface area contributed by atoms with Crippen LogP contribution in [0.4, 0.5) is 0 Å². The van der Waals surface area contributed by atoms with E-state index in [1.165, 1.54) is 11.3 Å². The highest BCUT2D eigenvalue weighted by Crippen LogP contribution is 2.18. The summed E-state index contributed by atoms with van der Waals surface area (Å²) in [7, 11) is 1.78. The van der Waals surface area contributed by atoms with Crippen LogP contribution in [-0.2, 0) is 0 Å². The molecule has 0 N–H and O–H groups in total. The van der Waals surface area contributed by atoms with Gasteiger partial charge in [-0.2, -0.15) is 11.3 Å². The molecule has 1 rings (SSSR count). The van der Waals surface area contributed by atoms with Crippen LogP contribution in [0, 0.1) is 0 Å². The molecule has 4 heteroatoms. The molecule has 14 heavy (non-hydrogen) atoms. The van der Waals surface area contributed by atoms with Gasteiger partial charge in [0.15, 0.2) is 0 Å². The first-order chi connectivity index (χ1) is 6.49. The molecule has 0 unspecified atom stereocenters. The Morgan fingerprint density at radius 1 is 1.64 bits per heavy atom. The Balaban J connectivity index is 2.81. The van der Waals surface area contributed by atoms with E-state index in [0.29, 0.717) is 5.88 Å². The summed E-state index contributed by atoms with van der Waals surface area (Å²) in [5, 5.41) is 3.75. The average molecular weight is 232 g/mol. The zero-order chi connectivity index (χ0) is 10.8.